The average Bonchev–Trinajstić information content (AvgIpc) is 2.89. The minimum atomic E-state index is -1.03. The molecule has 3 rings (SSSR count). The fourth-order valence-corrected chi connectivity index (χ4v) is 2.22. The van der Waals surface area contributed by atoms with Gasteiger partial charge in [-0.15, -0.1) is 0 Å². The topological polar surface area (TPSA) is 41.1 Å². The summed E-state index contributed by atoms with van der Waals surface area (Å²) in [7, 11) is 0. The lowest BCUT2D eigenvalue weighted by Crippen LogP contribution is -2.12. The van der Waals surface area contributed by atoms with Crippen LogP contribution in [0.25, 0.3) is 0 Å². The van der Waals surface area contributed by atoms with E-state index in [0.29, 0.717) is 5.69 Å². The Bertz CT molecular complexity index is 686. The van der Waals surface area contributed by atoms with Gasteiger partial charge in [-0.3, -0.25) is 4.79 Å². The van der Waals surface area contributed by atoms with Crippen molar-refractivity contribution in [3.8, 4) is 0 Å². The predicted octanol–water partition coefficient (Wildman–Crippen LogP) is 3.19. The van der Waals surface area contributed by atoms with Gasteiger partial charge in [-0.1, -0.05) is 0 Å². The van der Waals surface area contributed by atoms with Gasteiger partial charge in [-0.05, 0) is 48.4 Å². The lowest BCUT2D eigenvalue weighted by atomic mass is 10.1. The van der Waals surface area contributed by atoms with Gasteiger partial charge in [0.25, 0.3) is 5.91 Å². The number of nitrogens with one attached hydrogen (secondary N) is 2. The molecule has 0 radical (unpaired) electrons. The molecule has 1 aliphatic rings. The van der Waals surface area contributed by atoms with E-state index in [1.807, 2.05) is 12.1 Å². The summed E-state index contributed by atoms with van der Waals surface area (Å²) in [6.07, 6.45) is 0.907. The van der Waals surface area contributed by atoms with Crippen LogP contribution in [0.1, 0.15) is 15.9 Å². The Hall–Kier alpha value is -2.43. The molecule has 0 unspecified atom stereocenters. The van der Waals surface area contributed by atoms with Crippen LogP contribution in [0.2, 0.25) is 0 Å². The Kier molecular flexibility index (Phi) is 3.10. The first kappa shape index (κ1) is 12.6. The quantitative estimate of drug-likeness (QED) is 0.883. The highest BCUT2D eigenvalue weighted by molar-refractivity contribution is 6.04. The maximum Gasteiger partial charge on any atom is 0.255 e. The first-order valence-electron chi connectivity index (χ1n) is 6.27. The summed E-state index contributed by atoms with van der Waals surface area (Å²) < 4.78 is 25.9. The molecule has 0 bridgehead atoms. The number of fused-ring (bicyclic) bond motifs is 1. The highest BCUT2D eigenvalue weighted by Crippen LogP contribution is 2.25. The number of amides is 1. The van der Waals surface area contributed by atoms with Gasteiger partial charge in [0.15, 0.2) is 11.6 Å². The summed E-state index contributed by atoms with van der Waals surface area (Å²) >= 11 is 0. The third-order valence-electron chi connectivity index (χ3n) is 3.25. The zero-order valence-electron chi connectivity index (χ0n) is 10.5. The average molecular weight is 274 g/mol. The molecular formula is C15H12F2N2O. The Morgan fingerprint density at radius 2 is 1.95 bits per heavy atom. The second kappa shape index (κ2) is 4.92. The van der Waals surface area contributed by atoms with Gasteiger partial charge in [0.1, 0.15) is 0 Å². The summed E-state index contributed by atoms with van der Waals surface area (Å²) in [5.41, 5.74) is 2.92. The molecule has 1 heterocycles. The SMILES string of the molecule is O=C(Nc1ccc2c(c1)CCN2)c1ccc(F)c(F)c1. The predicted molar refractivity (Wildman–Crippen MR) is 72.9 cm³/mol. The van der Waals surface area contributed by atoms with E-state index in [-0.39, 0.29) is 5.56 Å². The van der Waals surface area contributed by atoms with Gasteiger partial charge in [0.2, 0.25) is 0 Å². The van der Waals surface area contributed by atoms with Crippen molar-refractivity contribution in [2.75, 3.05) is 17.2 Å². The van der Waals surface area contributed by atoms with Crippen molar-refractivity contribution in [2.24, 2.45) is 0 Å². The van der Waals surface area contributed by atoms with Crippen molar-refractivity contribution < 1.29 is 13.6 Å². The molecule has 0 saturated heterocycles. The molecule has 0 fully saturated rings. The molecule has 1 aliphatic heterocycles. The van der Waals surface area contributed by atoms with Crippen molar-refractivity contribution in [3.63, 3.8) is 0 Å². The molecule has 102 valence electrons. The van der Waals surface area contributed by atoms with Crippen LogP contribution in [0.15, 0.2) is 36.4 Å². The first-order chi connectivity index (χ1) is 9.63. The molecule has 2 aromatic rings. The maximum atomic E-state index is 13.1. The Balaban J connectivity index is 1.80. The summed E-state index contributed by atoms with van der Waals surface area (Å²) in [5, 5.41) is 5.90. The molecule has 0 aromatic heterocycles. The van der Waals surface area contributed by atoms with E-state index in [0.717, 1.165) is 36.3 Å². The largest absolute Gasteiger partial charge is 0.384 e. The van der Waals surface area contributed by atoms with Gasteiger partial charge in [-0.25, -0.2) is 8.78 Å². The minimum Gasteiger partial charge on any atom is -0.384 e. The molecule has 2 aromatic carbocycles. The molecule has 0 aliphatic carbocycles. The van der Waals surface area contributed by atoms with Gasteiger partial charge >= 0.3 is 0 Å². The minimum absolute atomic E-state index is 0.0857. The Morgan fingerprint density at radius 1 is 1.10 bits per heavy atom. The molecule has 1 amide bonds. The molecule has 0 saturated carbocycles. The van der Waals surface area contributed by atoms with Crippen LogP contribution in [0, 0.1) is 11.6 Å². The standard InChI is InChI=1S/C15H12F2N2O/c16-12-3-1-10(8-13(12)17)15(20)19-11-2-4-14-9(7-11)5-6-18-14/h1-4,7-8,18H,5-6H2,(H,19,20). The number of carbonyl (C=O) groups excluding carboxylic acids is 1. The monoisotopic (exact) mass is 274 g/mol. The zero-order chi connectivity index (χ0) is 14.1. The van der Waals surface area contributed by atoms with Gasteiger partial charge in [0, 0.05) is 23.5 Å². The van der Waals surface area contributed by atoms with Gasteiger partial charge in [-0.2, -0.15) is 0 Å². The van der Waals surface area contributed by atoms with Crippen LogP contribution in [0.5, 0.6) is 0 Å². The third kappa shape index (κ3) is 2.34. The number of hydrogen-bond acceptors (Lipinski definition) is 2. The fourth-order valence-electron chi connectivity index (χ4n) is 2.22. The van der Waals surface area contributed by atoms with Crippen molar-refractivity contribution in [1.82, 2.24) is 0 Å². The summed E-state index contributed by atoms with van der Waals surface area (Å²) in [4.78, 5) is 12.0. The van der Waals surface area contributed by atoms with E-state index < -0.39 is 17.5 Å². The zero-order valence-corrected chi connectivity index (χ0v) is 10.5. The highest BCUT2D eigenvalue weighted by Gasteiger charge is 2.13. The number of rotatable bonds is 2. The van der Waals surface area contributed by atoms with Crippen LogP contribution in [0.3, 0.4) is 0 Å². The summed E-state index contributed by atoms with van der Waals surface area (Å²) in [5.74, 6) is -2.46. The molecule has 3 nitrogen and oxygen atoms in total. The van der Waals surface area contributed by atoms with Gasteiger partial charge < -0.3 is 10.6 Å². The number of benzene rings is 2. The first-order valence-corrected chi connectivity index (χ1v) is 6.27. The van der Waals surface area contributed by atoms with Crippen molar-refractivity contribution in [2.45, 2.75) is 6.42 Å². The second-order valence-corrected chi connectivity index (χ2v) is 4.63. The lowest BCUT2D eigenvalue weighted by molar-refractivity contribution is 0.102. The lowest BCUT2D eigenvalue weighted by Gasteiger charge is -2.07. The summed E-state index contributed by atoms with van der Waals surface area (Å²) in [6, 6.07) is 8.63. The smallest absolute Gasteiger partial charge is 0.255 e. The van der Waals surface area contributed by atoms with Crippen LogP contribution < -0.4 is 10.6 Å². The van der Waals surface area contributed by atoms with Crippen molar-refractivity contribution >= 4 is 17.3 Å². The normalized spacial score (nSPS) is 12.7. The number of hydrogen-bond donors (Lipinski definition) is 2. The van der Waals surface area contributed by atoms with Crippen LogP contribution >= 0.6 is 0 Å². The number of halogens is 2. The number of anilines is 2. The van der Waals surface area contributed by atoms with Gasteiger partial charge in [0.05, 0.1) is 0 Å². The van der Waals surface area contributed by atoms with Crippen LogP contribution in [-0.2, 0) is 6.42 Å². The van der Waals surface area contributed by atoms with Crippen molar-refractivity contribution in [3.05, 3.63) is 59.2 Å². The number of carbonyl (C=O) groups is 1. The van der Waals surface area contributed by atoms with E-state index in [4.69, 9.17) is 0 Å². The molecular weight excluding hydrogens is 262 g/mol. The molecule has 0 spiro atoms. The summed E-state index contributed by atoms with van der Waals surface area (Å²) in [6.45, 7) is 0.885. The van der Waals surface area contributed by atoms with Crippen molar-refractivity contribution in [1.29, 1.82) is 0 Å². The van der Waals surface area contributed by atoms with E-state index in [1.54, 1.807) is 6.07 Å². The van der Waals surface area contributed by atoms with Crippen LogP contribution in [-0.4, -0.2) is 12.5 Å². The maximum absolute atomic E-state index is 13.1. The molecule has 5 heteroatoms. The van der Waals surface area contributed by atoms with Crippen LogP contribution in [0.4, 0.5) is 20.2 Å². The molecule has 2 N–H and O–H groups in total. The molecule has 20 heavy (non-hydrogen) atoms. The van der Waals surface area contributed by atoms with E-state index in [1.165, 1.54) is 6.07 Å². The van der Waals surface area contributed by atoms with E-state index >= 15 is 0 Å². The van der Waals surface area contributed by atoms with E-state index in [9.17, 15) is 13.6 Å². The van der Waals surface area contributed by atoms with E-state index in [2.05, 4.69) is 10.6 Å². The highest BCUT2D eigenvalue weighted by atomic mass is 19.2. The fraction of sp³-hybridized carbons (Fsp3) is 0.133. The Morgan fingerprint density at radius 3 is 2.75 bits per heavy atom. The third-order valence-corrected chi connectivity index (χ3v) is 3.25. The Labute approximate surface area is 114 Å². The molecule has 0 atom stereocenters. The second-order valence-electron chi connectivity index (χ2n) is 4.63.